The molecule has 6 nitrogen and oxygen atoms in total. The SMILES string of the molecule is CC(C)(C)OC(=O)NC1CC(c2nnc(-c3ccccc3)o2)C1. The smallest absolute Gasteiger partial charge is 0.407 e. The van der Waals surface area contributed by atoms with Crippen LogP contribution in [0.5, 0.6) is 0 Å². The first-order valence-corrected chi connectivity index (χ1v) is 7.79. The van der Waals surface area contributed by atoms with Gasteiger partial charge in [0.25, 0.3) is 0 Å². The number of hydrogen-bond donors (Lipinski definition) is 1. The molecule has 1 fully saturated rings. The van der Waals surface area contributed by atoms with Crippen molar-refractivity contribution in [3.63, 3.8) is 0 Å². The van der Waals surface area contributed by atoms with Gasteiger partial charge in [-0.3, -0.25) is 0 Å². The first-order chi connectivity index (χ1) is 10.9. The summed E-state index contributed by atoms with van der Waals surface area (Å²) in [6, 6.07) is 9.78. The van der Waals surface area contributed by atoms with Crippen LogP contribution in [0.4, 0.5) is 4.79 Å². The van der Waals surface area contributed by atoms with E-state index in [4.69, 9.17) is 9.15 Å². The summed E-state index contributed by atoms with van der Waals surface area (Å²) in [4.78, 5) is 11.7. The van der Waals surface area contributed by atoms with Crippen molar-refractivity contribution in [2.75, 3.05) is 0 Å². The van der Waals surface area contributed by atoms with E-state index >= 15 is 0 Å². The third-order valence-corrected chi connectivity index (χ3v) is 3.67. The Morgan fingerprint density at radius 3 is 2.57 bits per heavy atom. The van der Waals surface area contributed by atoms with Gasteiger partial charge in [0.2, 0.25) is 11.8 Å². The van der Waals surface area contributed by atoms with Gasteiger partial charge in [-0.1, -0.05) is 18.2 Å². The maximum Gasteiger partial charge on any atom is 0.407 e. The van der Waals surface area contributed by atoms with Gasteiger partial charge >= 0.3 is 6.09 Å². The van der Waals surface area contributed by atoms with Crippen LogP contribution in [0.1, 0.15) is 45.4 Å². The lowest BCUT2D eigenvalue weighted by atomic mass is 9.80. The number of hydrogen-bond acceptors (Lipinski definition) is 5. The van der Waals surface area contributed by atoms with Gasteiger partial charge in [-0.25, -0.2) is 4.79 Å². The number of alkyl carbamates (subject to hydrolysis) is 1. The van der Waals surface area contributed by atoms with Crippen LogP contribution in [-0.2, 0) is 4.74 Å². The second kappa shape index (κ2) is 6.02. The highest BCUT2D eigenvalue weighted by Gasteiger charge is 2.36. The van der Waals surface area contributed by atoms with Crippen molar-refractivity contribution in [3.8, 4) is 11.5 Å². The predicted octanol–water partition coefficient (Wildman–Crippen LogP) is 3.51. The minimum atomic E-state index is -0.482. The van der Waals surface area contributed by atoms with Gasteiger partial charge in [0, 0.05) is 17.5 Å². The topological polar surface area (TPSA) is 77.2 Å². The number of rotatable bonds is 3. The van der Waals surface area contributed by atoms with Gasteiger partial charge in [0.15, 0.2) is 0 Å². The fraction of sp³-hybridized carbons (Fsp3) is 0.471. The lowest BCUT2D eigenvalue weighted by Gasteiger charge is -2.33. The quantitative estimate of drug-likeness (QED) is 0.938. The lowest BCUT2D eigenvalue weighted by molar-refractivity contribution is 0.0466. The highest BCUT2D eigenvalue weighted by molar-refractivity contribution is 5.68. The van der Waals surface area contributed by atoms with E-state index < -0.39 is 5.60 Å². The Morgan fingerprint density at radius 2 is 1.91 bits per heavy atom. The number of nitrogens with zero attached hydrogens (tertiary/aromatic N) is 2. The first-order valence-electron chi connectivity index (χ1n) is 7.79. The highest BCUT2D eigenvalue weighted by atomic mass is 16.6. The van der Waals surface area contributed by atoms with Crippen molar-refractivity contribution in [2.24, 2.45) is 0 Å². The van der Waals surface area contributed by atoms with Crippen molar-refractivity contribution in [1.29, 1.82) is 0 Å². The van der Waals surface area contributed by atoms with Gasteiger partial charge in [-0.15, -0.1) is 10.2 Å². The summed E-state index contributed by atoms with van der Waals surface area (Å²) in [5, 5.41) is 11.1. The van der Waals surface area contributed by atoms with Crippen molar-refractivity contribution in [1.82, 2.24) is 15.5 Å². The lowest BCUT2D eigenvalue weighted by Crippen LogP contribution is -2.45. The molecule has 0 bridgehead atoms. The summed E-state index contributed by atoms with van der Waals surface area (Å²) in [5.74, 6) is 1.36. The number of carbonyl (C=O) groups is 1. The molecule has 0 atom stereocenters. The molecule has 1 saturated carbocycles. The molecule has 0 saturated heterocycles. The van der Waals surface area contributed by atoms with Crippen LogP contribution in [0.2, 0.25) is 0 Å². The summed E-state index contributed by atoms with van der Waals surface area (Å²) in [7, 11) is 0. The van der Waals surface area contributed by atoms with Gasteiger partial charge in [-0.2, -0.15) is 0 Å². The van der Waals surface area contributed by atoms with E-state index in [0.717, 1.165) is 18.4 Å². The molecular formula is C17H21N3O3. The Bertz CT molecular complexity index is 670. The van der Waals surface area contributed by atoms with Gasteiger partial charge in [-0.05, 0) is 45.7 Å². The fourth-order valence-corrected chi connectivity index (χ4v) is 2.51. The van der Waals surface area contributed by atoms with Crippen LogP contribution in [0.15, 0.2) is 34.7 Å². The summed E-state index contributed by atoms with van der Waals surface area (Å²) in [5.41, 5.74) is 0.429. The molecule has 1 amide bonds. The number of aromatic nitrogens is 2. The molecule has 1 heterocycles. The Balaban J connectivity index is 1.52. The zero-order valence-corrected chi connectivity index (χ0v) is 13.6. The summed E-state index contributed by atoms with van der Waals surface area (Å²) >= 11 is 0. The van der Waals surface area contributed by atoms with E-state index in [1.807, 2.05) is 51.1 Å². The molecule has 1 aliphatic carbocycles. The normalized spacial score (nSPS) is 20.7. The first kappa shape index (κ1) is 15.5. The van der Waals surface area contributed by atoms with E-state index in [2.05, 4.69) is 15.5 Å². The molecule has 6 heteroatoms. The average Bonchev–Trinajstić information content (AvgIpc) is 2.90. The van der Waals surface area contributed by atoms with E-state index in [0.29, 0.717) is 11.8 Å². The Morgan fingerprint density at radius 1 is 1.22 bits per heavy atom. The molecule has 1 N–H and O–H groups in total. The molecule has 0 aliphatic heterocycles. The molecule has 0 radical (unpaired) electrons. The van der Waals surface area contributed by atoms with Crippen LogP contribution in [0.3, 0.4) is 0 Å². The Kier molecular flexibility index (Phi) is 4.07. The van der Waals surface area contributed by atoms with Crippen LogP contribution >= 0.6 is 0 Å². The summed E-state index contributed by atoms with van der Waals surface area (Å²) in [6.45, 7) is 5.54. The Hall–Kier alpha value is -2.37. The molecule has 3 rings (SSSR count). The maximum absolute atomic E-state index is 11.7. The summed E-state index contributed by atoms with van der Waals surface area (Å²) < 4.78 is 11.0. The highest BCUT2D eigenvalue weighted by Crippen LogP contribution is 2.37. The molecule has 1 aromatic heterocycles. The second-order valence-electron chi connectivity index (χ2n) is 6.82. The van der Waals surface area contributed by atoms with E-state index in [-0.39, 0.29) is 18.1 Å². The van der Waals surface area contributed by atoms with Crippen molar-refractivity contribution >= 4 is 6.09 Å². The molecule has 0 unspecified atom stereocenters. The number of nitrogens with one attached hydrogen (secondary N) is 1. The molecular weight excluding hydrogens is 294 g/mol. The van der Waals surface area contributed by atoms with Crippen LogP contribution in [-0.4, -0.2) is 27.9 Å². The van der Waals surface area contributed by atoms with E-state index in [9.17, 15) is 4.79 Å². The van der Waals surface area contributed by atoms with Crippen LogP contribution in [0, 0.1) is 0 Å². The number of carbonyl (C=O) groups excluding carboxylic acids is 1. The van der Waals surface area contributed by atoms with E-state index in [1.165, 1.54) is 0 Å². The number of ether oxygens (including phenoxy) is 1. The molecule has 1 aliphatic rings. The number of benzene rings is 1. The molecule has 2 aromatic rings. The van der Waals surface area contributed by atoms with Crippen LogP contribution in [0.25, 0.3) is 11.5 Å². The third kappa shape index (κ3) is 3.88. The minimum absolute atomic E-state index is 0.0990. The second-order valence-corrected chi connectivity index (χ2v) is 6.82. The molecule has 1 aromatic carbocycles. The van der Waals surface area contributed by atoms with Gasteiger partial charge in [0.05, 0.1) is 0 Å². The van der Waals surface area contributed by atoms with Gasteiger partial charge < -0.3 is 14.5 Å². The monoisotopic (exact) mass is 315 g/mol. The number of amides is 1. The minimum Gasteiger partial charge on any atom is -0.444 e. The fourth-order valence-electron chi connectivity index (χ4n) is 2.51. The Labute approximate surface area is 135 Å². The largest absolute Gasteiger partial charge is 0.444 e. The molecule has 122 valence electrons. The summed E-state index contributed by atoms with van der Waals surface area (Å²) in [6.07, 6.45) is 1.20. The maximum atomic E-state index is 11.7. The molecule has 23 heavy (non-hydrogen) atoms. The van der Waals surface area contributed by atoms with E-state index in [1.54, 1.807) is 0 Å². The zero-order chi connectivity index (χ0) is 16.4. The standard InChI is InChI=1S/C17H21N3O3/c1-17(2,3)23-16(21)18-13-9-12(10-13)15-20-19-14(22-15)11-7-5-4-6-8-11/h4-8,12-13H,9-10H2,1-3H3,(H,18,21). The van der Waals surface area contributed by atoms with Crippen molar-refractivity contribution < 1.29 is 13.9 Å². The van der Waals surface area contributed by atoms with Crippen LogP contribution < -0.4 is 5.32 Å². The zero-order valence-electron chi connectivity index (χ0n) is 13.6. The van der Waals surface area contributed by atoms with Gasteiger partial charge in [0.1, 0.15) is 5.60 Å². The average molecular weight is 315 g/mol. The predicted molar refractivity (Wildman–Crippen MR) is 84.9 cm³/mol. The molecule has 0 spiro atoms. The van der Waals surface area contributed by atoms with Crippen molar-refractivity contribution in [3.05, 3.63) is 36.2 Å². The third-order valence-electron chi connectivity index (χ3n) is 3.67. The van der Waals surface area contributed by atoms with Crippen molar-refractivity contribution in [2.45, 2.75) is 51.2 Å².